The van der Waals surface area contributed by atoms with Crippen molar-refractivity contribution in [3.05, 3.63) is 66.2 Å². The minimum atomic E-state index is -0.290. The fourth-order valence-corrected chi connectivity index (χ4v) is 3.57. The van der Waals surface area contributed by atoms with Crippen LogP contribution < -0.4 is 11.1 Å². The van der Waals surface area contributed by atoms with E-state index >= 15 is 0 Å². The molecule has 1 saturated heterocycles. The zero-order chi connectivity index (χ0) is 15.8. The Bertz CT molecular complexity index is 814. The summed E-state index contributed by atoms with van der Waals surface area (Å²) in [5.41, 5.74) is 8.71. The van der Waals surface area contributed by atoms with Crippen LogP contribution in [0.1, 0.15) is 11.6 Å². The van der Waals surface area contributed by atoms with Crippen molar-refractivity contribution in [3.63, 3.8) is 0 Å². The van der Waals surface area contributed by atoms with Crippen molar-refractivity contribution in [2.75, 3.05) is 13.1 Å². The van der Waals surface area contributed by atoms with Gasteiger partial charge in [0.2, 0.25) is 0 Å². The van der Waals surface area contributed by atoms with Gasteiger partial charge < -0.3 is 15.6 Å². The Morgan fingerprint density at radius 2 is 1.96 bits per heavy atom. The van der Waals surface area contributed by atoms with Gasteiger partial charge >= 0.3 is 0 Å². The lowest BCUT2D eigenvalue weighted by molar-refractivity contribution is 0.378. The molecule has 118 valence electrons. The first-order valence-electron chi connectivity index (χ1n) is 7.88. The highest BCUT2D eigenvalue weighted by atomic mass is 19.1. The molecule has 0 spiro atoms. The van der Waals surface area contributed by atoms with Crippen molar-refractivity contribution in [3.8, 4) is 0 Å². The molecule has 2 aromatic carbocycles. The number of imidazole rings is 1. The first-order valence-corrected chi connectivity index (χ1v) is 7.88. The summed E-state index contributed by atoms with van der Waals surface area (Å²) >= 11 is 0. The van der Waals surface area contributed by atoms with Crippen molar-refractivity contribution in [1.82, 2.24) is 14.9 Å². The van der Waals surface area contributed by atoms with Gasteiger partial charge in [-0.05, 0) is 17.7 Å². The highest BCUT2D eigenvalue weighted by Crippen LogP contribution is 2.33. The summed E-state index contributed by atoms with van der Waals surface area (Å²) in [7, 11) is 0. The van der Waals surface area contributed by atoms with Crippen LogP contribution >= 0.6 is 0 Å². The van der Waals surface area contributed by atoms with E-state index in [2.05, 4.69) is 27.0 Å². The van der Waals surface area contributed by atoms with Crippen LogP contribution in [0.2, 0.25) is 0 Å². The third-order valence-electron chi connectivity index (χ3n) is 4.71. The molecule has 3 aromatic rings. The second-order valence-corrected chi connectivity index (χ2v) is 6.10. The summed E-state index contributed by atoms with van der Waals surface area (Å²) in [6.45, 7) is 1.64. The van der Waals surface area contributed by atoms with Crippen LogP contribution in [-0.4, -0.2) is 28.7 Å². The molecule has 3 N–H and O–H groups in total. The minimum Gasteiger partial charge on any atom is -0.326 e. The third kappa shape index (κ3) is 2.42. The van der Waals surface area contributed by atoms with Crippen molar-refractivity contribution in [1.29, 1.82) is 0 Å². The molecule has 4 nitrogen and oxygen atoms in total. The largest absolute Gasteiger partial charge is 0.326 e. The lowest BCUT2D eigenvalue weighted by Crippen LogP contribution is -2.35. The molecule has 1 aromatic heterocycles. The number of benzene rings is 2. The van der Waals surface area contributed by atoms with Gasteiger partial charge in [0.25, 0.3) is 0 Å². The molecule has 1 fully saturated rings. The summed E-state index contributed by atoms with van der Waals surface area (Å²) in [5.74, 6) is -0.0556. The van der Waals surface area contributed by atoms with Crippen LogP contribution in [0.15, 0.2) is 54.9 Å². The van der Waals surface area contributed by atoms with Crippen molar-refractivity contribution in [2.24, 2.45) is 11.7 Å². The first kappa shape index (κ1) is 14.4. The highest BCUT2D eigenvalue weighted by molar-refractivity contribution is 5.76. The number of nitrogens with zero attached hydrogens (tertiary/aromatic N) is 2. The standard InChI is InChI=1S/C18H19FN4/c19-14-7-4-8-16-17(14)22-11-23(16)18(12-5-2-1-3-6-12)13-9-21-10-15(13)20/h1-8,11,13,15,18,21H,9-10,20H2. The number of aromatic nitrogens is 2. The van der Waals surface area contributed by atoms with E-state index in [1.165, 1.54) is 11.6 Å². The lowest BCUT2D eigenvalue weighted by Gasteiger charge is -2.28. The molecule has 2 heterocycles. The molecular weight excluding hydrogens is 291 g/mol. The molecule has 0 radical (unpaired) electrons. The van der Waals surface area contributed by atoms with Crippen molar-refractivity contribution < 1.29 is 4.39 Å². The van der Waals surface area contributed by atoms with E-state index in [1.807, 2.05) is 24.3 Å². The van der Waals surface area contributed by atoms with Crippen LogP contribution in [0, 0.1) is 11.7 Å². The number of nitrogens with one attached hydrogen (secondary N) is 1. The Morgan fingerprint density at radius 1 is 1.13 bits per heavy atom. The van der Waals surface area contributed by atoms with Gasteiger partial charge in [-0.3, -0.25) is 0 Å². The number of nitrogens with two attached hydrogens (primary N) is 1. The Morgan fingerprint density at radius 3 is 2.70 bits per heavy atom. The predicted molar refractivity (Wildman–Crippen MR) is 88.6 cm³/mol. The summed E-state index contributed by atoms with van der Waals surface area (Å²) in [6, 6.07) is 15.4. The quantitative estimate of drug-likeness (QED) is 0.780. The fourth-order valence-electron chi connectivity index (χ4n) is 3.57. The van der Waals surface area contributed by atoms with E-state index in [1.54, 1.807) is 12.4 Å². The highest BCUT2D eigenvalue weighted by Gasteiger charge is 2.34. The smallest absolute Gasteiger partial charge is 0.151 e. The van der Waals surface area contributed by atoms with E-state index < -0.39 is 0 Å². The van der Waals surface area contributed by atoms with Crippen LogP contribution in [0.5, 0.6) is 0 Å². The van der Waals surface area contributed by atoms with E-state index in [4.69, 9.17) is 5.73 Å². The van der Waals surface area contributed by atoms with Crippen LogP contribution in [0.25, 0.3) is 11.0 Å². The second-order valence-electron chi connectivity index (χ2n) is 6.10. The van der Waals surface area contributed by atoms with Crippen molar-refractivity contribution >= 4 is 11.0 Å². The predicted octanol–water partition coefficient (Wildman–Crippen LogP) is 2.31. The Labute approximate surface area is 134 Å². The maximum absolute atomic E-state index is 14.0. The number of hydrogen-bond acceptors (Lipinski definition) is 3. The summed E-state index contributed by atoms with van der Waals surface area (Å²) in [6.07, 6.45) is 1.73. The molecule has 3 unspecified atom stereocenters. The lowest BCUT2D eigenvalue weighted by atomic mass is 9.89. The number of rotatable bonds is 3. The van der Waals surface area contributed by atoms with Gasteiger partial charge in [-0.15, -0.1) is 0 Å². The Kier molecular flexibility index (Phi) is 3.59. The zero-order valence-corrected chi connectivity index (χ0v) is 12.7. The molecule has 1 aliphatic rings. The molecule has 3 atom stereocenters. The number of fused-ring (bicyclic) bond motifs is 1. The minimum absolute atomic E-state index is 0.0352. The van der Waals surface area contributed by atoms with Gasteiger partial charge in [-0.25, -0.2) is 9.37 Å². The van der Waals surface area contributed by atoms with E-state index in [0.29, 0.717) is 5.52 Å². The number of halogens is 1. The van der Waals surface area contributed by atoms with Crippen LogP contribution in [0.3, 0.4) is 0 Å². The SMILES string of the molecule is NC1CNCC1C(c1ccccc1)n1cnc2c(F)cccc21. The van der Waals surface area contributed by atoms with Gasteiger partial charge in [0.1, 0.15) is 5.52 Å². The number of hydrogen-bond donors (Lipinski definition) is 2. The first-order chi connectivity index (χ1) is 11.3. The van der Waals surface area contributed by atoms with E-state index in [9.17, 15) is 4.39 Å². The zero-order valence-electron chi connectivity index (χ0n) is 12.7. The molecule has 0 amide bonds. The summed E-state index contributed by atoms with van der Waals surface area (Å²) in [5, 5.41) is 3.36. The van der Waals surface area contributed by atoms with Gasteiger partial charge in [-0.1, -0.05) is 36.4 Å². The summed E-state index contributed by atoms with van der Waals surface area (Å²) in [4.78, 5) is 4.29. The Balaban J connectivity index is 1.89. The molecule has 23 heavy (non-hydrogen) atoms. The van der Waals surface area contributed by atoms with Crippen LogP contribution in [-0.2, 0) is 0 Å². The Hall–Kier alpha value is -2.24. The van der Waals surface area contributed by atoms with Gasteiger partial charge in [0, 0.05) is 25.0 Å². The van der Waals surface area contributed by atoms with Gasteiger partial charge in [0.15, 0.2) is 5.82 Å². The average molecular weight is 310 g/mol. The molecule has 4 rings (SSSR count). The van der Waals surface area contributed by atoms with Gasteiger partial charge in [-0.2, -0.15) is 0 Å². The maximum atomic E-state index is 14.0. The topological polar surface area (TPSA) is 55.9 Å². The molecule has 0 aliphatic carbocycles. The van der Waals surface area contributed by atoms with E-state index in [0.717, 1.165) is 18.6 Å². The van der Waals surface area contributed by atoms with Crippen LogP contribution in [0.4, 0.5) is 4.39 Å². The fraction of sp³-hybridized carbons (Fsp3) is 0.278. The molecule has 1 aliphatic heterocycles. The maximum Gasteiger partial charge on any atom is 0.151 e. The molecular formula is C18H19FN4. The second kappa shape index (κ2) is 5.76. The third-order valence-corrected chi connectivity index (χ3v) is 4.71. The van der Waals surface area contributed by atoms with Gasteiger partial charge in [0.05, 0.1) is 17.9 Å². The van der Waals surface area contributed by atoms with Crippen molar-refractivity contribution in [2.45, 2.75) is 12.1 Å². The van der Waals surface area contributed by atoms with E-state index in [-0.39, 0.29) is 23.8 Å². The number of para-hydroxylation sites is 1. The molecule has 0 bridgehead atoms. The normalized spacial score (nSPS) is 22.5. The molecule has 0 saturated carbocycles. The summed E-state index contributed by atoms with van der Waals surface area (Å²) < 4.78 is 16.1. The molecule has 5 heteroatoms. The monoisotopic (exact) mass is 310 g/mol. The average Bonchev–Trinajstić information content (AvgIpc) is 3.18.